The van der Waals surface area contributed by atoms with Gasteiger partial charge in [0, 0.05) is 5.41 Å². The van der Waals surface area contributed by atoms with Gasteiger partial charge in [0.25, 0.3) is 6.79 Å². The maximum Gasteiger partial charge on any atom is 0.292 e. The Hall–Kier alpha value is -0.0800. The first-order valence-corrected chi connectivity index (χ1v) is 2.69. The van der Waals surface area contributed by atoms with Crippen molar-refractivity contribution < 1.29 is 9.47 Å². The van der Waals surface area contributed by atoms with E-state index < -0.39 is 0 Å². The van der Waals surface area contributed by atoms with E-state index in [2.05, 4.69) is 20.6 Å². The van der Waals surface area contributed by atoms with Crippen molar-refractivity contribution in [1.82, 2.24) is 0 Å². The third-order valence-corrected chi connectivity index (χ3v) is 1.04. The zero-order valence-electron chi connectivity index (χ0n) is 5.23. The lowest BCUT2D eigenvalue weighted by Crippen LogP contribution is -2.29. The molecular formula is C6H10O2. The highest BCUT2D eigenvalue weighted by atomic mass is 16.7. The quantitative estimate of drug-likeness (QED) is 0.468. The predicted octanol–water partition coefficient (Wildman–Crippen LogP) is 1.06. The second-order valence-electron chi connectivity index (χ2n) is 2.82. The van der Waals surface area contributed by atoms with Crippen LogP contribution in [0, 0.1) is 12.2 Å². The topological polar surface area (TPSA) is 18.5 Å². The average molecular weight is 114 g/mol. The fourth-order valence-corrected chi connectivity index (χ4v) is 0.533. The van der Waals surface area contributed by atoms with Gasteiger partial charge in [0.05, 0.1) is 13.2 Å². The van der Waals surface area contributed by atoms with E-state index in [0.717, 1.165) is 0 Å². The fraction of sp³-hybridized carbons (Fsp3) is 0.833. The summed E-state index contributed by atoms with van der Waals surface area (Å²) in [4.78, 5) is 0. The summed E-state index contributed by atoms with van der Waals surface area (Å²) >= 11 is 0. The van der Waals surface area contributed by atoms with Crippen LogP contribution in [0.2, 0.25) is 0 Å². The first kappa shape index (κ1) is 6.05. The van der Waals surface area contributed by atoms with E-state index in [1.54, 1.807) is 0 Å². The van der Waals surface area contributed by atoms with Crippen LogP contribution in [0.5, 0.6) is 0 Å². The van der Waals surface area contributed by atoms with Gasteiger partial charge in [0.15, 0.2) is 0 Å². The largest absolute Gasteiger partial charge is 0.340 e. The van der Waals surface area contributed by atoms with Crippen molar-refractivity contribution in [2.24, 2.45) is 5.41 Å². The van der Waals surface area contributed by atoms with Gasteiger partial charge in [-0.1, -0.05) is 13.8 Å². The summed E-state index contributed by atoms with van der Waals surface area (Å²) in [5, 5.41) is 0. The molecule has 46 valence electrons. The molecule has 0 atom stereocenters. The van der Waals surface area contributed by atoms with Crippen molar-refractivity contribution >= 4 is 0 Å². The Balaban J connectivity index is 2.33. The van der Waals surface area contributed by atoms with Crippen LogP contribution in [0.25, 0.3) is 0 Å². The van der Waals surface area contributed by atoms with Crippen LogP contribution in [0.3, 0.4) is 0 Å². The summed E-state index contributed by atoms with van der Waals surface area (Å²) in [5.74, 6) is 0. The van der Waals surface area contributed by atoms with Gasteiger partial charge in [-0.3, -0.25) is 0 Å². The molecule has 2 nitrogen and oxygen atoms in total. The summed E-state index contributed by atoms with van der Waals surface area (Å²) in [6.07, 6.45) is 0. The Morgan fingerprint density at radius 1 is 1.25 bits per heavy atom. The molecule has 0 amide bonds. The molecule has 0 aliphatic carbocycles. The zero-order chi connectivity index (χ0) is 6.04. The van der Waals surface area contributed by atoms with E-state index in [-0.39, 0.29) is 5.41 Å². The molecule has 0 spiro atoms. The third-order valence-electron chi connectivity index (χ3n) is 1.04. The van der Waals surface area contributed by atoms with Gasteiger partial charge in [0.1, 0.15) is 0 Å². The SMILES string of the molecule is CC1(C)CO[C]OC1. The van der Waals surface area contributed by atoms with Gasteiger partial charge in [-0.2, -0.15) is 0 Å². The lowest BCUT2D eigenvalue weighted by atomic mass is 9.96. The summed E-state index contributed by atoms with van der Waals surface area (Å²) in [6.45, 7) is 7.95. The zero-order valence-corrected chi connectivity index (χ0v) is 5.23. The number of hydrogen-bond acceptors (Lipinski definition) is 2. The van der Waals surface area contributed by atoms with Crippen molar-refractivity contribution in [1.29, 1.82) is 0 Å². The summed E-state index contributed by atoms with van der Waals surface area (Å²) in [6, 6.07) is 0. The average Bonchev–Trinajstić information content (AvgIpc) is 1.65. The van der Waals surface area contributed by atoms with Crippen molar-refractivity contribution in [2.45, 2.75) is 13.8 Å². The molecular weight excluding hydrogens is 104 g/mol. The second kappa shape index (κ2) is 2.03. The molecule has 2 heteroatoms. The van der Waals surface area contributed by atoms with Crippen molar-refractivity contribution in [3.05, 3.63) is 6.79 Å². The normalized spacial score (nSPS) is 27.8. The monoisotopic (exact) mass is 114 g/mol. The van der Waals surface area contributed by atoms with E-state index >= 15 is 0 Å². The Labute approximate surface area is 49.8 Å². The molecule has 1 saturated heterocycles. The Bertz CT molecular complexity index is 70.6. The molecule has 0 saturated carbocycles. The molecule has 0 bridgehead atoms. The highest BCUT2D eigenvalue weighted by molar-refractivity contribution is 4.69. The number of rotatable bonds is 0. The van der Waals surface area contributed by atoms with Crippen LogP contribution in [0.15, 0.2) is 0 Å². The van der Waals surface area contributed by atoms with Crippen LogP contribution >= 0.6 is 0 Å². The molecule has 1 rings (SSSR count). The Kier molecular flexibility index (Phi) is 1.54. The molecule has 0 N–H and O–H groups in total. The van der Waals surface area contributed by atoms with Crippen molar-refractivity contribution in [3.63, 3.8) is 0 Å². The highest BCUT2D eigenvalue weighted by Gasteiger charge is 2.22. The molecule has 0 aromatic carbocycles. The minimum atomic E-state index is 0.172. The standard InChI is InChI=1S/C6H10O2/c1-6(2)3-7-5-8-4-6/h3-4H2,1-2H3. The molecule has 0 unspecified atom stereocenters. The molecule has 0 aromatic rings. The van der Waals surface area contributed by atoms with Gasteiger partial charge < -0.3 is 9.47 Å². The van der Waals surface area contributed by atoms with Crippen LogP contribution in [-0.2, 0) is 9.47 Å². The summed E-state index contributed by atoms with van der Waals surface area (Å²) in [5.41, 5.74) is 0.172. The van der Waals surface area contributed by atoms with Crippen LogP contribution in [0.4, 0.5) is 0 Å². The van der Waals surface area contributed by atoms with E-state index in [4.69, 9.17) is 9.47 Å². The number of hydrogen-bond donors (Lipinski definition) is 0. The molecule has 1 heterocycles. The van der Waals surface area contributed by atoms with Gasteiger partial charge in [-0.25, -0.2) is 0 Å². The first-order chi connectivity index (χ1) is 3.71. The van der Waals surface area contributed by atoms with E-state index in [0.29, 0.717) is 13.2 Å². The fourth-order valence-electron chi connectivity index (χ4n) is 0.533. The smallest absolute Gasteiger partial charge is 0.292 e. The van der Waals surface area contributed by atoms with Gasteiger partial charge in [-0.05, 0) is 0 Å². The van der Waals surface area contributed by atoms with E-state index in [9.17, 15) is 0 Å². The summed E-state index contributed by atoms with van der Waals surface area (Å²) in [7, 11) is 0. The molecule has 1 aliphatic rings. The molecule has 1 fully saturated rings. The van der Waals surface area contributed by atoms with E-state index in [1.807, 2.05) is 0 Å². The second-order valence-corrected chi connectivity index (χ2v) is 2.82. The van der Waals surface area contributed by atoms with Crippen LogP contribution in [0.1, 0.15) is 13.8 Å². The minimum Gasteiger partial charge on any atom is -0.340 e. The minimum absolute atomic E-state index is 0.172. The maximum atomic E-state index is 4.81. The predicted molar refractivity (Wildman–Crippen MR) is 28.9 cm³/mol. The number of ether oxygens (including phenoxy) is 2. The van der Waals surface area contributed by atoms with Crippen molar-refractivity contribution in [2.75, 3.05) is 13.2 Å². The van der Waals surface area contributed by atoms with Gasteiger partial charge in [-0.15, -0.1) is 0 Å². The Morgan fingerprint density at radius 3 is 2.00 bits per heavy atom. The van der Waals surface area contributed by atoms with E-state index in [1.165, 1.54) is 0 Å². The molecule has 2 radical (unpaired) electrons. The molecule has 1 aliphatic heterocycles. The van der Waals surface area contributed by atoms with Crippen LogP contribution in [-0.4, -0.2) is 13.2 Å². The maximum absolute atomic E-state index is 4.81. The third kappa shape index (κ3) is 1.46. The Morgan fingerprint density at radius 2 is 1.75 bits per heavy atom. The van der Waals surface area contributed by atoms with Crippen LogP contribution < -0.4 is 0 Å². The lowest BCUT2D eigenvalue weighted by Gasteiger charge is -2.27. The van der Waals surface area contributed by atoms with Crippen molar-refractivity contribution in [3.8, 4) is 0 Å². The lowest BCUT2D eigenvalue weighted by molar-refractivity contribution is -0.0961. The summed E-state index contributed by atoms with van der Waals surface area (Å²) < 4.78 is 9.62. The highest BCUT2D eigenvalue weighted by Crippen LogP contribution is 2.20. The first-order valence-electron chi connectivity index (χ1n) is 2.69. The molecule has 0 aromatic heterocycles. The molecule has 8 heavy (non-hydrogen) atoms. The van der Waals surface area contributed by atoms with Gasteiger partial charge in [0.2, 0.25) is 0 Å². The van der Waals surface area contributed by atoms with Gasteiger partial charge >= 0.3 is 0 Å².